The maximum Gasteiger partial charge on any atom is 0.0857 e. The van der Waals surface area contributed by atoms with E-state index in [1.54, 1.807) is 6.21 Å². The number of hydrogen-bond donors (Lipinski definition) is 1. The van der Waals surface area contributed by atoms with Gasteiger partial charge < -0.3 is 5.73 Å². The quantitative estimate of drug-likeness (QED) is 0.520. The average Bonchev–Trinajstić information content (AvgIpc) is 2.15. The van der Waals surface area contributed by atoms with Gasteiger partial charge in [0.05, 0.1) is 11.4 Å². The first-order valence-corrected chi connectivity index (χ1v) is 4.59. The molecule has 2 nitrogen and oxygen atoms in total. The lowest BCUT2D eigenvalue weighted by atomic mass is 10.2. The zero-order valence-electron chi connectivity index (χ0n) is 8.83. The van der Waals surface area contributed by atoms with Gasteiger partial charge in [0.15, 0.2) is 0 Å². The fourth-order valence-electron chi connectivity index (χ4n) is 0.905. The fourth-order valence-corrected chi connectivity index (χ4v) is 0.905. The summed E-state index contributed by atoms with van der Waals surface area (Å²) in [6, 6.07) is 5.82. The topological polar surface area (TPSA) is 38.4 Å². The van der Waals surface area contributed by atoms with Gasteiger partial charge in [0.1, 0.15) is 0 Å². The lowest BCUT2D eigenvalue weighted by Crippen LogP contribution is -1.85. The first-order chi connectivity index (χ1) is 6.24. The summed E-state index contributed by atoms with van der Waals surface area (Å²) in [6.45, 7) is 7.90. The van der Waals surface area contributed by atoms with Crippen LogP contribution in [-0.2, 0) is 0 Å². The third kappa shape index (κ3) is 3.74. The van der Waals surface area contributed by atoms with Gasteiger partial charge in [-0.1, -0.05) is 19.9 Å². The van der Waals surface area contributed by atoms with E-state index in [1.165, 1.54) is 5.56 Å². The highest BCUT2D eigenvalue weighted by Crippen LogP contribution is 2.21. The van der Waals surface area contributed by atoms with Crippen molar-refractivity contribution in [3.05, 3.63) is 23.8 Å². The monoisotopic (exact) mass is 178 g/mol. The average molecular weight is 178 g/mol. The summed E-state index contributed by atoms with van der Waals surface area (Å²) >= 11 is 0. The van der Waals surface area contributed by atoms with Crippen LogP contribution in [0.15, 0.2) is 23.2 Å². The summed E-state index contributed by atoms with van der Waals surface area (Å²) in [5, 5.41) is 0. The molecule has 0 bridgehead atoms. The van der Waals surface area contributed by atoms with Gasteiger partial charge in [-0.05, 0) is 31.5 Å². The second kappa shape index (κ2) is 6.23. The van der Waals surface area contributed by atoms with Crippen LogP contribution in [0.1, 0.15) is 26.3 Å². The Morgan fingerprint density at radius 1 is 1.31 bits per heavy atom. The summed E-state index contributed by atoms with van der Waals surface area (Å²) in [5.41, 5.74) is 8.43. The van der Waals surface area contributed by atoms with E-state index in [2.05, 4.69) is 4.99 Å². The number of anilines is 1. The van der Waals surface area contributed by atoms with E-state index in [4.69, 9.17) is 5.73 Å². The lowest BCUT2D eigenvalue weighted by Gasteiger charge is -1.99. The molecule has 2 N–H and O–H groups in total. The number of nitrogens with zero attached hydrogens (tertiary/aromatic N) is 1. The highest BCUT2D eigenvalue weighted by Gasteiger charge is 1.94. The molecule has 1 aromatic rings. The first kappa shape index (κ1) is 11.7. The minimum atomic E-state index is 0.730. The van der Waals surface area contributed by atoms with Gasteiger partial charge in [-0.3, -0.25) is 4.99 Å². The van der Waals surface area contributed by atoms with E-state index >= 15 is 0 Å². The lowest BCUT2D eigenvalue weighted by molar-refractivity contribution is 1.43. The van der Waals surface area contributed by atoms with Crippen LogP contribution >= 0.6 is 0 Å². The second-order valence-electron chi connectivity index (χ2n) is 2.45. The molecule has 0 radical (unpaired) electrons. The van der Waals surface area contributed by atoms with Crippen LogP contribution in [0.2, 0.25) is 0 Å². The van der Waals surface area contributed by atoms with E-state index < -0.39 is 0 Å². The third-order valence-electron chi connectivity index (χ3n) is 1.45. The normalized spacial score (nSPS) is 9.54. The van der Waals surface area contributed by atoms with Gasteiger partial charge >= 0.3 is 0 Å². The van der Waals surface area contributed by atoms with Crippen LogP contribution in [0, 0.1) is 6.92 Å². The molecule has 0 aromatic heterocycles. The Bertz CT molecular complexity index is 277. The van der Waals surface area contributed by atoms with Crippen molar-refractivity contribution in [3.8, 4) is 0 Å². The Hall–Kier alpha value is -1.31. The molecule has 0 atom stereocenters. The predicted octanol–water partition coefficient (Wildman–Crippen LogP) is 3.33. The van der Waals surface area contributed by atoms with Crippen LogP contribution in [-0.4, -0.2) is 6.21 Å². The van der Waals surface area contributed by atoms with Crippen molar-refractivity contribution in [1.82, 2.24) is 0 Å². The number of hydrogen-bond acceptors (Lipinski definition) is 2. The number of benzene rings is 1. The third-order valence-corrected chi connectivity index (χ3v) is 1.45. The van der Waals surface area contributed by atoms with Gasteiger partial charge in [-0.15, -0.1) is 0 Å². The smallest absolute Gasteiger partial charge is 0.0857 e. The number of nitrogen functional groups attached to an aromatic ring is 1. The van der Waals surface area contributed by atoms with Gasteiger partial charge in [0.2, 0.25) is 0 Å². The predicted molar refractivity (Wildman–Crippen MR) is 60.8 cm³/mol. The molecule has 1 rings (SSSR count). The molecular formula is C11H18N2. The Morgan fingerprint density at radius 2 is 1.92 bits per heavy atom. The van der Waals surface area contributed by atoms with Crippen molar-refractivity contribution in [1.29, 1.82) is 0 Å². The first-order valence-electron chi connectivity index (χ1n) is 4.59. The molecule has 13 heavy (non-hydrogen) atoms. The van der Waals surface area contributed by atoms with Crippen LogP contribution in [0.4, 0.5) is 11.4 Å². The molecule has 0 unspecified atom stereocenters. The molecule has 2 heteroatoms. The molecule has 0 aliphatic heterocycles. The summed E-state index contributed by atoms with van der Waals surface area (Å²) in [4.78, 5) is 4.12. The summed E-state index contributed by atoms with van der Waals surface area (Å²) in [7, 11) is 0. The van der Waals surface area contributed by atoms with Crippen molar-refractivity contribution in [2.75, 3.05) is 5.73 Å². The van der Waals surface area contributed by atoms with E-state index in [0.29, 0.717) is 0 Å². The minimum Gasteiger partial charge on any atom is -0.397 e. The largest absolute Gasteiger partial charge is 0.397 e. The molecule has 0 aliphatic carbocycles. The SMILES string of the molecule is CC.CC=Nc1cc(C)ccc1N. The summed E-state index contributed by atoms with van der Waals surface area (Å²) in [6.07, 6.45) is 1.74. The van der Waals surface area contributed by atoms with E-state index in [9.17, 15) is 0 Å². The molecule has 0 aliphatic rings. The fraction of sp³-hybridized carbons (Fsp3) is 0.364. The molecule has 0 saturated heterocycles. The Morgan fingerprint density at radius 3 is 2.46 bits per heavy atom. The molecule has 72 valence electrons. The van der Waals surface area contributed by atoms with E-state index in [1.807, 2.05) is 45.9 Å². The molecular weight excluding hydrogens is 160 g/mol. The summed E-state index contributed by atoms with van der Waals surface area (Å²) in [5.74, 6) is 0. The highest BCUT2D eigenvalue weighted by atomic mass is 14.8. The van der Waals surface area contributed by atoms with Gasteiger partial charge in [-0.25, -0.2) is 0 Å². The summed E-state index contributed by atoms with van der Waals surface area (Å²) < 4.78 is 0. The molecule has 0 heterocycles. The van der Waals surface area contributed by atoms with Gasteiger partial charge in [-0.2, -0.15) is 0 Å². The van der Waals surface area contributed by atoms with Crippen LogP contribution in [0.25, 0.3) is 0 Å². The Labute approximate surface area is 80.5 Å². The molecule has 0 spiro atoms. The van der Waals surface area contributed by atoms with E-state index in [-0.39, 0.29) is 0 Å². The maximum absolute atomic E-state index is 5.66. The van der Waals surface area contributed by atoms with Crippen LogP contribution < -0.4 is 5.73 Å². The standard InChI is InChI=1S/C9H12N2.C2H6/c1-3-11-9-6-7(2)4-5-8(9)10;1-2/h3-6H,10H2,1-2H3;1-2H3. The maximum atomic E-state index is 5.66. The Balaban J connectivity index is 0.000000671. The van der Waals surface area contributed by atoms with Crippen molar-refractivity contribution in [2.24, 2.45) is 4.99 Å². The van der Waals surface area contributed by atoms with Crippen LogP contribution in [0.3, 0.4) is 0 Å². The molecule has 1 aromatic carbocycles. The Kier molecular flexibility index (Phi) is 5.60. The van der Waals surface area contributed by atoms with Crippen molar-refractivity contribution >= 4 is 17.6 Å². The van der Waals surface area contributed by atoms with Gasteiger partial charge in [0.25, 0.3) is 0 Å². The van der Waals surface area contributed by atoms with E-state index in [0.717, 1.165) is 11.4 Å². The molecule has 0 amide bonds. The minimum absolute atomic E-state index is 0.730. The van der Waals surface area contributed by atoms with Crippen molar-refractivity contribution in [2.45, 2.75) is 27.7 Å². The number of rotatable bonds is 1. The molecule has 0 fully saturated rings. The second-order valence-corrected chi connectivity index (χ2v) is 2.45. The zero-order chi connectivity index (χ0) is 10.3. The number of aliphatic imine (C=N–C) groups is 1. The highest BCUT2D eigenvalue weighted by molar-refractivity contribution is 5.70. The van der Waals surface area contributed by atoms with Crippen molar-refractivity contribution < 1.29 is 0 Å². The van der Waals surface area contributed by atoms with Gasteiger partial charge in [0, 0.05) is 6.21 Å². The molecule has 0 saturated carbocycles. The van der Waals surface area contributed by atoms with Crippen LogP contribution in [0.5, 0.6) is 0 Å². The number of nitrogens with two attached hydrogens (primary N) is 1. The number of aryl methyl sites for hydroxylation is 1. The zero-order valence-corrected chi connectivity index (χ0v) is 8.83. The van der Waals surface area contributed by atoms with Crippen molar-refractivity contribution in [3.63, 3.8) is 0 Å².